The Labute approximate surface area is 105 Å². The lowest BCUT2D eigenvalue weighted by molar-refractivity contribution is -0.146. The van der Waals surface area contributed by atoms with Crippen LogP contribution in [0.15, 0.2) is 24.3 Å². The smallest absolute Gasteiger partial charge is 0.334 e. The Morgan fingerprint density at radius 3 is 2.56 bits per heavy atom. The van der Waals surface area contributed by atoms with E-state index in [4.69, 9.17) is 10.2 Å². The fraction of sp³-hybridized carbons (Fsp3) is 0.333. The maximum absolute atomic E-state index is 11.7. The first-order valence-electron chi connectivity index (χ1n) is 5.41. The molecule has 3 N–H and O–H groups in total. The number of nitrogens with one attached hydrogen (secondary N) is 1. The predicted octanol–water partition coefficient (Wildman–Crippen LogP) is 0.586. The number of rotatable bonds is 4. The molecule has 6 nitrogen and oxygen atoms in total. The largest absolute Gasteiger partial charge is 0.479 e. The number of aliphatic hydroxyl groups excluding tert-OH is 1. The summed E-state index contributed by atoms with van der Waals surface area (Å²) in [4.78, 5) is 23.5. The highest BCUT2D eigenvalue weighted by molar-refractivity contribution is 5.92. The number of aliphatic hydroxyl groups is 1. The van der Waals surface area contributed by atoms with Gasteiger partial charge in [-0.15, -0.1) is 0 Å². The maximum Gasteiger partial charge on any atom is 0.334 e. The van der Waals surface area contributed by atoms with Gasteiger partial charge in [-0.25, -0.2) is 9.59 Å². The van der Waals surface area contributed by atoms with E-state index in [0.717, 1.165) is 11.3 Å². The summed E-state index contributed by atoms with van der Waals surface area (Å²) in [5.74, 6) is -1.37. The molecule has 0 aliphatic carbocycles. The van der Waals surface area contributed by atoms with Gasteiger partial charge in [0.15, 0.2) is 6.10 Å². The van der Waals surface area contributed by atoms with Crippen LogP contribution in [0.25, 0.3) is 0 Å². The number of carboxylic acid groups (broad SMARTS) is 1. The molecule has 6 heteroatoms. The number of carbonyl (C=O) groups is 2. The highest BCUT2D eigenvalue weighted by atomic mass is 16.4. The van der Waals surface area contributed by atoms with Crippen LogP contribution in [0, 0.1) is 6.92 Å². The molecule has 0 fully saturated rings. The van der Waals surface area contributed by atoms with Crippen molar-refractivity contribution < 1.29 is 19.8 Å². The molecule has 98 valence electrons. The zero-order valence-corrected chi connectivity index (χ0v) is 10.3. The number of anilines is 1. The molecule has 0 unspecified atom stereocenters. The molecular weight excluding hydrogens is 236 g/mol. The van der Waals surface area contributed by atoms with E-state index in [9.17, 15) is 9.59 Å². The molecule has 0 aliphatic heterocycles. The van der Waals surface area contributed by atoms with Crippen LogP contribution in [0.5, 0.6) is 0 Å². The van der Waals surface area contributed by atoms with E-state index < -0.39 is 18.1 Å². The lowest BCUT2D eigenvalue weighted by Crippen LogP contribution is -2.43. The summed E-state index contributed by atoms with van der Waals surface area (Å²) in [6, 6.07) is 6.84. The summed E-state index contributed by atoms with van der Waals surface area (Å²) in [5, 5.41) is 19.9. The van der Waals surface area contributed by atoms with Crippen molar-refractivity contribution in [3.63, 3.8) is 0 Å². The van der Waals surface area contributed by atoms with Crippen molar-refractivity contribution in [2.24, 2.45) is 0 Å². The van der Waals surface area contributed by atoms with Crippen LogP contribution in [0.2, 0.25) is 0 Å². The van der Waals surface area contributed by atoms with Gasteiger partial charge in [-0.05, 0) is 18.6 Å². The number of nitrogens with zero attached hydrogens (tertiary/aromatic N) is 1. The van der Waals surface area contributed by atoms with Crippen molar-refractivity contribution in [1.82, 2.24) is 5.32 Å². The van der Waals surface area contributed by atoms with Crippen molar-refractivity contribution in [3.8, 4) is 0 Å². The monoisotopic (exact) mass is 252 g/mol. The average Bonchev–Trinajstić information content (AvgIpc) is 2.35. The molecule has 0 bridgehead atoms. The molecule has 2 amide bonds. The van der Waals surface area contributed by atoms with Crippen molar-refractivity contribution in [1.29, 1.82) is 0 Å². The Morgan fingerprint density at radius 1 is 1.39 bits per heavy atom. The van der Waals surface area contributed by atoms with Crippen molar-refractivity contribution >= 4 is 17.7 Å². The number of benzene rings is 1. The molecule has 0 saturated carbocycles. The first kappa shape index (κ1) is 14.0. The highest BCUT2D eigenvalue weighted by Gasteiger charge is 2.17. The van der Waals surface area contributed by atoms with E-state index >= 15 is 0 Å². The van der Waals surface area contributed by atoms with Crippen LogP contribution >= 0.6 is 0 Å². The maximum atomic E-state index is 11.7. The lowest BCUT2D eigenvalue weighted by atomic mass is 10.2. The number of aliphatic carboxylic acids is 1. The van der Waals surface area contributed by atoms with Gasteiger partial charge in [0.25, 0.3) is 0 Å². The minimum absolute atomic E-state index is 0.329. The minimum Gasteiger partial charge on any atom is -0.479 e. The molecule has 1 rings (SSSR count). The summed E-state index contributed by atoms with van der Waals surface area (Å²) in [7, 11) is 1.57. The Hall–Kier alpha value is -2.08. The molecule has 0 radical (unpaired) electrons. The molecule has 0 spiro atoms. The zero-order chi connectivity index (χ0) is 13.7. The van der Waals surface area contributed by atoms with Crippen molar-refractivity contribution in [2.45, 2.75) is 13.0 Å². The van der Waals surface area contributed by atoms with Gasteiger partial charge in [0.2, 0.25) is 0 Å². The Morgan fingerprint density at radius 2 is 2.00 bits per heavy atom. The van der Waals surface area contributed by atoms with Gasteiger partial charge in [0.1, 0.15) is 0 Å². The number of carboxylic acids is 1. The van der Waals surface area contributed by atoms with Gasteiger partial charge in [0.05, 0.1) is 6.54 Å². The molecule has 18 heavy (non-hydrogen) atoms. The third kappa shape index (κ3) is 3.46. The van der Waals surface area contributed by atoms with Crippen molar-refractivity contribution in [2.75, 3.05) is 18.5 Å². The number of carbonyl (C=O) groups excluding carboxylic acids is 1. The van der Waals surface area contributed by atoms with E-state index in [1.807, 2.05) is 19.1 Å². The molecule has 1 aromatic rings. The second-order valence-corrected chi connectivity index (χ2v) is 3.89. The first-order valence-corrected chi connectivity index (χ1v) is 5.41. The highest BCUT2D eigenvalue weighted by Crippen LogP contribution is 2.17. The summed E-state index contributed by atoms with van der Waals surface area (Å²) in [6.45, 7) is 1.54. The Bertz CT molecular complexity index is 447. The molecule has 0 heterocycles. The number of hydrogen-bond acceptors (Lipinski definition) is 3. The summed E-state index contributed by atoms with van der Waals surface area (Å²) < 4.78 is 0. The Kier molecular flexibility index (Phi) is 4.67. The number of hydrogen-bond donors (Lipinski definition) is 3. The SMILES string of the molecule is Cc1ccccc1N(C)C(=O)NC[C@H](O)C(=O)O. The van der Waals surface area contributed by atoms with Crippen LogP contribution in [0.3, 0.4) is 0 Å². The molecular formula is C12H16N2O4. The van der Waals surface area contributed by atoms with Gasteiger partial charge >= 0.3 is 12.0 Å². The van der Waals surface area contributed by atoms with Crippen LogP contribution in [0.4, 0.5) is 10.5 Å². The number of aryl methyl sites for hydroxylation is 1. The predicted molar refractivity (Wildman–Crippen MR) is 66.6 cm³/mol. The molecule has 0 aromatic heterocycles. The standard InChI is InChI=1S/C12H16N2O4/c1-8-5-3-4-6-9(8)14(2)12(18)13-7-10(15)11(16)17/h3-6,10,15H,7H2,1-2H3,(H,13,18)(H,16,17)/t10-/m0/s1. The first-order chi connectivity index (χ1) is 8.43. The normalized spacial score (nSPS) is 11.7. The third-order valence-electron chi connectivity index (χ3n) is 2.51. The third-order valence-corrected chi connectivity index (χ3v) is 2.51. The fourth-order valence-corrected chi connectivity index (χ4v) is 1.44. The molecule has 0 saturated heterocycles. The van der Waals surface area contributed by atoms with Gasteiger partial charge in [-0.2, -0.15) is 0 Å². The quantitative estimate of drug-likeness (QED) is 0.731. The second kappa shape index (κ2) is 6.02. The van der Waals surface area contributed by atoms with Crippen LogP contribution in [-0.4, -0.2) is 41.9 Å². The fourth-order valence-electron chi connectivity index (χ4n) is 1.44. The zero-order valence-electron chi connectivity index (χ0n) is 10.3. The molecule has 0 aliphatic rings. The number of amides is 2. The van der Waals surface area contributed by atoms with Gasteiger partial charge < -0.3 is 15.5 Å². The Balaban J connectivity index is 2.63. The molecule has 1 atom stereocenters. The van der Waals surface area contributed by atoms with E-state index in [2.05, 4.69) is 5.32 Å². The number of para-hydroxylation sites is 1. The second-order valence-electron chi connectivity index (χ2n) is 3.89. The summed E-state index contributed by atoms with van der Waals surface area (Å²) in [5.41, 5.74) is 1.65. The average molecular weight is 252 g/mol. The van der Waals surface area contributed by atoms with E-state index in [1.165, 1.54) is 4.90 Å². The van der Waals surface area contributed by atoms with Gasteiger partial charge in [-0.1, -0.05) is 18.2 Å². The van der Waals surface area contributed by atoms with Crippen LogP contribution < -0.4 is 10.2 Å². The lowest BCUT2D eigenvalue weighted by Gasteiger charge is -2.20. The number of urea groups is 1. The van der Waals surface area contributed by atoms with E-state index in [1.54, 1.807) is 19.2 Å². The van der Waals surface area contributed by atoms with Gasteiger partial charge in [-0.3, -0.25) is 4.90 Å². The topological polar surface area (TPSA) is 89.9 Å². The van der Waals surface area contributed by atoms with E-state index in [0.29, 0.717) is 0 Å². The summed E-state index contributed by atoms with van der Waals surface area (Å²) in [6.07, 6.45) is -1.60. The van der Waals surface area contributed by atoms with Crippen LogP contribution in [0.1, 0.15) is 5.56 Å². The molecule has 1 aromatic carbocycles. The van der Waals surface area contributed by atoms with Gasteiger partial charge in [0, 0.05) is 12.7 Å². The van der Waals surface area contributed by atoms with E-state index in [-0.39, 0.29) is 6.54 Å². The van der Waals surface area contributed by atoms with Crippen molar-refractivity contribution in [3.05, 3.63) is 29.8 Å². The van der Waals surface area contributed by atoms with Crippen LogP contribution in [-0.2, 0) is 4.79 Å². The summed E-state index contributed by atoms with van der Waals surface area (Å²) >= 11 is 0. The minimum atomic E-state index is -1.60.